The van der Waals surface area contributed by atoms with Crippen LogP contribution in [-0.2, 0) is 52.7 Å². The molecule has 0 aliphatic carbocycles. The van der Waals surface area contributed by atoms with Gasteiger partial charge in [-0.15, -0.1) is 0 Å². The lowest BCUT2D eigenvalue weighted by Crippen LogP contribution is -2.47. The minimum absolute atomic E-state index is 0.0114. The Kier molecular flexibility index (Phi) is 12.2. The summed E-state index contributed by atoms with van der Waals surface area (Å²) in [6.07, 6.45) is -2.06. The average Bonchev–Trinajstić information content (AvgIpc) is 3.33. The average molecular weight is 671 g/mol. The molecule has 2 aromatic rings. The Morgan fingerprint density at radius 1 is 1.17 bits per heavy atom. The number of β-amino-alcohol motifs (C(OH)–C–C–N with tert-alkyl or cyclic N) is 1. The number of piperidine rings is 1. The number of fused-ring (bicyclic) bond motifs is 1. The molecule has 0 bridgehead atoms. The van der Waals surface area contributed by atoms with E-state index in [9.17, 15) is 32.1 Å². The lowest BCUT2D eigenvalue weighted by atomic mass is 9.97. The molecule has 1 aromatic heterocycles. The molecule has 3 heterocycles. The predicted octanol–water partition coefficient (Wildman–Crippen LogP) is 3.45. The first-order valence-corrected chi connectivity index (χ1v) is 17.2. The van der Waals surface area contributed by atoms with E-state index in [0.717, 1.165) is 30.2 Å². The number of carbonyl (C=O) groups excluding carboxylic acids is 2. The summed E-state index contributed by atoms with van der Waals surface area (Å²) in [5, 5.41) is 21.4. The first-order chi connectivity index (χ1) is 21.7. The zero-order valence-corrected chi connectivity index (χ0v) is 27.7. The van der Waals surface area contributed by atoms with Crippen molar-refractivity contribution in [1.82, 2.24) is 29.6 Å². The largest absolute Gasteiger partial charge is 0.450 e. The number of aliphatic hydroxyl groups excluding tert-OH is 1. The highest BCUT2D eigenvalue weighted by Gasteiger charge is 2.35. The van der Waals surface area contributed by atoms with Gasteiger partial charge in [-0.2, -0.15) is 18.3 Å². The number of likely N-dealkylation sites (tertiary alicyclic amines) is 1. The van der Waals surface area contributed by atoms with Crippen LogP contribution in [0.4, 0.5) is 18.0 Å². The molecular formula is C31H45F3N6O5S. The molecule has 2 aliphatic rings. The van der Waals surface area contributed by atoms with Gasteiger partial charge >= 0.3 is 12.3 Å². The van der Waals surface area contributed by atoms with E-state index in [0.29, 0.717) is 57.0 Å². The van der Waals surface area contributed by atoms with Crippen molar-refractivity contribution >= 4 is 23.0 Å². The number of carbonyl (C=O) groups is 2. The maximum Gasteiger partial charge on any atom is 0.416 e. The number of rotatable bonds is 12. The van der Waals surface area contributed by atoms with Crippen LogP contribution >= 0.6 is 0 Å². The van der Waals surface area contributed by atoms with Crippen LogP contribution in [0, 0.1) is 5.92 Å². The minimum Gasteiger partial charge on any atom is -0.450 e. The van der Waals surface area contributed by atoms with Gasteiger partial charge in [-0.1, -0.05) is 19.9 Å². The van der Waals surface area contributed by atoms with Crippen LogP contribution in [-0.4, -0.2) is 91.5 Å². The van der Waals surface area contributed by atoms with Gasteiger partial charge in [0.25, 0.3) is 0 Å². The summed E-state index contributed by atoms with van der Waals surface area (Å²) in [7, 11) is -1.26. The Morgan fingerprint density at radius 3 is 2.52 bits per heavy atom. The van der Waals surface area contributed by atoms with Crippen LogP contribution in [0.1, 0.15) is 62.4 Å². The van der Waals surface area contributed by atoms with E-state index in [1.54, 1.807) is 22.2 Å². The molecule has 2 amide bonds. The number of alkyl carbamates (subject to hydrolysis) is 1. The van der Waals surface area contributed by atoms with Crippen molar-refractivity contribution in [2.24, 2.45) is 5.92 Å². The van der Waals surface area contributed by atoms with Crippen LogP contribution in [0.15, 0.2) is 18.2 Å². The van der Waals surface area contributed by atoms with Gasteiger partial charge in [-0.05, 0) is 43.4 Å². The number of hydrogen-bond acceptors (Lipinski definition) is 7. The molecule has 0 spiro atoms. The van der Waals surface area contributed by atoms with E-state index < -0.39 is 34.9 Å². The van der Waals surface area contributed by atoms with Gasteiger partial charge in [0, 0.05) is 81.2 Å². The molecule has 15 heteroatoms. The SMILES string of the molecule is CCOC(=O)NC1CCN(CC(O)Cn2nc(-c3ccc(C(F)(F)F)c(CNC(=O)CC(C)C)c3)c3c2CCN(S(C)=O)C3)CC1. The van der Waals surface area contributed by atoms with Crippen molar-refractivity contribution in [1.29, 1.82) is 0 Å². The number of nitrogens with one attached hydrogen (secondary N) is 2. The summed E-state index contributed by atoms with van der Waals surface area (Å²) in [5.74, 6) is -0.267. The van der Waals surface area contributed by atoms with Crippen LogP contribution in [0.5, 0.6) is 0 Å². The number of halogens is 3. The van der Waals surface area contributed by atoms with Crippen LogP contribution in [0.25, 0.3) is 11.3 Å². The Labute approximate surface area is 270 Å². The second kappa shape index (κ2) is 15.7. The Morgan fingerprint density at radius 2 is 1.89 bits per heavy atom. The highest BCUT2D eigenvalue weighted by Crippen LogP contribution is 2.36. The van der Waals surface area contributed by atoms with Crippen LogP contribution in [0.3, 0.4) is 0 Å². The number of amides is 2. The van der Waals surface area contributed by atoms with Gasteiger partial charge in [0.1, 0.15) is 0 Å². The quantitative estimate of drug-likeness (QED) is 0.316. The van der Waals surface area contributed by atoms with E-state index in [4.69, 9.17) is 9.84 Å². The summed E-state index contributed by atoms with van der Waals surface area (Å²) in [6, 6.07) is 3.82. The third-order valence-corrected chi connectivity index (χ3v) is 9.29. The maximum atomic E-state index is 14.0. The van der Waals surface area contributed by atoms with E-state index >= 15 is 0 Å². The van der Waals surface area contributed by atoms with E-state index in [2.05, 4.69) is 15.5 Å². The number of aliphatic hydroxyl groups is 1. The first-order valence-electron chi connectivity index (χ1n) is 15.7. The number of nitrogens with zero attached hydrogens (tertiary/aromatic N) is 4. The molecule has 2 atom stereocenters. The highest BCUT2D eigenvalue weighted by atomic mass is 32.2. The summed E-state index contributed by atoms with van der Waals surface area (Å²) >= 11 is 0. The lowest BCUT2D eigenvalue weighted by Gasteiger charge is -2.33. The molecule has 1 aromatic carbocycles. The molecule has 4 rings (SSSR count). The molecule has 11 nitrogen and oxygen atoms in total. The maximum absolute atomic E-state index is 14.0. The van der Waals surface area contributed by atoms with Crippen LogP contribution < -0.4 is 10.6 Å². The Bertz CT molecular complexity index is 1390. The Balaban J connectivity index is 1.55. The second-order valence-corrected chi connectivity index (χ2v) is 13.7. The van der Waals surface area contributed by atoms with Gasteiger partial charge < -0.3 is 25.4 Å². The fraction of sp³-hybridized carbons (Fsp3) is 0.645. The zero-order valence-electron chi connectivity index (χ0n) is 26.9. The van der Waals surface area contributed by atoms with Crippen LogP contribution in [0.2, 0.25) is 0 Å². The van der Waals surface area contributed by atoms with Gasteiger partial charge in [0.15, 0.2) is 0 Å². The molecule has 1 fully saturated rings. The molecule has 0 radical (unpaired) electrons. The number of aromatic nitrogens is 2. The lowest BCUT2D eigenvalue weighted by molar-refractivity contribution is -0.138. The van der Waals surface area contributed by atoms with Crippen molar-refractivity contribution in [3.63, 3.8) is 0 Å². The smallest absolute Gasteiger partial charge is 0.416 e. The fourth-order valence-corrected chi connectivity index (χ4v) is 6.68. The predicted molar refractivity (Wildman–Crippen MR) is 168 cm³/mol. The van der Waals surface area contributed by atoms with E-state index in [-0.39, 0.29) is 42.9 Å². The summed E-state index contributed by atoms with van der Waals surface area (Å²) in [5.41, 5.74) is 1.62. The number of ether oxygens (including phenoxy) is 1. The van der Waals surface area contributed by atoms with Gasteiger partial charge in [0.05, 0.1) is 41.5 Å². The summed E-state index contributed by atoms with van der Waals surface area (Å²) < 4.78 is 62.7. The normalized spacial score (nSPS) is 17.8. The fourth-order valence-electron chi connectivity index (χ4n) is 6.02. The summed E-state index contributed by atoms with van der Waals surface area (Å²) in [6.45, 7) is 8.25. The number of benzene rings is 1. The van der Waals surface area contributed by atoms with Crippen molar-refractivity contribution in [3.8, 4) is 11.3 Å². The molecule has 2 aliphatic heterocycles. The van der Waals surface area contributed by atoms with E-state index in [1.165, 1.54) is 12.1 Å². The number of alkyl halides is 3. The van der Waals surface area contributed by atoms with Crippen molar-refractivity contribution in [2.45, 2.75) is 84.4 Å². The monoisotopic (exact) mass is 670 g/mol. The minimum atomic E-state index is -4.61. The molecule has 46 heavy (non-hydrogen) atoms. The molecule has 3 N–H and O–H groups in total. The van der Waals surface area contributed by atoms with Gasteiger partial charge in [-0.3, -0.25) is 9.48 Å². The van der Waals surface area contributed by atoms with E-state index in [1.807, 2.05) is 13.8 Å². The Hall–Kier alpha value is -3.01. The molecule has 2 unspecified atom stereocenters. The first kappa shape index (κ1) is 35.8. The summed E-state index contributed by atoms with van der Waals surface area (Å²) in [4.78, 5) is 26.1. The molecular weight excluding hydrogens is 625 g/mol. The third kappa shape index (κ3) is 9.52. The highest BCUT2D eigenvalue weighted by molar-refractivity contribution is 7.81. The topological polar surface area (TPSA) is 129 Å². The zero-order chi connectivity index (χ0) is 33.6. The van der Waals surface area contributed by atoms with Crippen molar-refractivity contribution in [3.05, 3.63) is 40.6 Å². The standard InChI is InChI=1S/C31H45F3N6O5S/c1-5-45-30(43)36-23-8-11-38(12-9-23)17-24(41)18-40-27-10-13-39(46(4)44)19-25(27)29(37-40)21-6-7-26(31(32,33)34)22(15-21)16-35-28(42)14-20(2)3/h6-7,15,20,23-24,41H,5,8-14,16-19H2,1-4H3,(H,35,42)(H,36,43). The van der Waals surface area contributed by atoms with Crippen molar-refractivity contribution in [2.75, 3.05) is 39.0 Å². The van der Waals surface area contributed by atoms with Gasteiger partial charge in [0.2, 0.25) is 5.91 Å². The van der Waals surface area contributed by atoms with Gasteiger partial charge in [-0.25, -0.2) is 13.3 Å². The third-order valence-electron chi connectivity index (χ3n) is 8.25. The molecule has 256 valence electrons. The second-order valence-electron chi connectivity index (χ2n) is 12.3. The number of hydrogen-bond donors (Lipinski definition) is 3. The van der Waals surface area contributed by atoms with Crippen molar-refractivity contribution < 1.29 is 36.8 Å². The molecule has 1 saturated heterocycles. The molecule has 0 saturated carbocycles.